The highest BCUT2D eigenvalue weighted by Gasteiger charge is 2.44. The molecule has 0 radical (unpaired) electrons. The van der Waals surface area contributed by atoms with Gasteiger partial charge < -0.3 is 67.1 Å². The van der Waals surface area contributed by atoms with E-state index < -0.39 is 70.5 Å². The third-order valence-corrected chi connectivity index (χ3v) is 16.4. The number of anilines is 2. The molecule has 0 bridgehead atoms. The number of amides is 2. The molecule has 4 rings (SSSR count). The molecule has 2 heterocycles. The topological polar surface area (TPSA) is 346 Å². The molecule has 2 aromatic rings. The van der Waals surface area contributed by atoms with Gasteiger partial charge in [0.25, 0.3) is 42.2 Å². The SMILES string of the molecule is C=C(/C=C(\c1ccc(N(CCCS(=O)(=O)O)CCOCCOCCOCCOCCOC)cc1O)C(C)(C)C)/C=C/C=C1/N(CCOCCOCCOCCOCCOCCC(=O)ON2C(=O)CCC2=O)c2ccc(S(=O)(=O)O)cc2C1(C)CCCS(=O)(=O)O. The van der Waals surface area contributed by atoms with E-state index in [1.807, 2.05) is 43.6 Å². The minimum atomic E-state index is -4.67. The highest BCUT2D eigenvalue weighted by molar-refractivity contribution is 7.86. The van der Waals surface area contributed by atoms with Gasteiger partial charge in [0.05, 0.1) is 148 Å². The lowest BCUT2D eigenvalue weighted by Gasteiger charge is -2.30. The average Bonchev–Trinajstić information content (AvgIpc) is 1.58. The van der Waals surface area contributed by atoms with Gasteiger partial charge in [-0.15, -0.1) is 5.06 Å². The van der Waals surface area contributed by atoms with E-state index in [1.54, 1.807) is 49.6 Å². The lowest BCUT2D eigenvalue weighted by Crippen LogP contribution is -2.32. The maximum Gasteiger partial charge on any atom is 0.335 e. The van der Waals surface area contributed by atoms with Gasteiger partial charge in [0.15, 0.2) is 0 Å². The Morgan fingerprint density at radius 2 is 1.17 bits per heavy atom. The van der Waals surface area contributed by atoms with Crippen LogP contribution in [0.15, 0.2) is 83.4 Å². The molecule has 0 aliphatic carbocycles. The number of methoxy groups -OCH3 is 1. The van der Waals surface area contributed by atoms with Crippen LogP contribution in [0.3, 0.4) is 0 Å². The zero-order valence-electron chi connectivity index (χ0n) is 52.2. The van der Waals surface area contributed by atoms with Crippen LogP contribution in [0, 0.1) is 5.41 Å². The Labute approximate surface area is 529 Å². The maximum absolute atomic E-state index is 12.5. The van der Waals surface area contributed by atoms with E-state index >= 15 is 0 Å². The number of rotatable bonds is 48. The molecule has 2 aromatic carbocycles. The molecule has 2 amide bonds. The number of aromatic hydroxyl groups is 1. The molecule has 1 saturated heterocycles. The number of carbonyl (C=O) groups excluding carboxylic acids is 3. The number of hydroxylamine groups is 2. The second kappa shape index (κ2) is 39.3. The van der Waals surface area contributed by atoms with Crippen molar-refractivity contribution in [1.82, 2.24) is 5.06 Å². The normalized spacial score (nSPS) is 16.3. The number of phenolic OH excluding ortho intramolecular Hbond substituents is 1. The van der Waals surface area contributed by atoms with E-state index in [9.17, 15) is 58.4 Å². The van der Waals surface area contributed by atoms with E-state index in [-0.39, 0.29) is 142 Å². The summed E-state index contributed by atoms with van der Waals surface area (Å²) in [6.07, 6.45) is 7.20. The molecule has 0 spiro atoms. The number of allylic oxidation sites excluding steroid dienone is 7. The van der Waals surface area contributed by atoms with Gasteiger partial charge in [0.2, 0.25) is 0 Å². The van der Waals surface area contributed by atoms with Crippen molar-refractivity contribution in [3.8, 4) is 5.75 Å². The monoisotopic (exact) mass is 1330 g/mol. The number of benzene rings is 2. The molecule has 508 valence electrons. The lowest BCUT2D eigenvalue weighted by molar-refractivity contribution is -0.198. The number of imide groups is 1. The molecule has 0 saturated carbocycles. The molecule has 1 fully saturated rings. The summed E-state index contributed by atoms with van der Waals surface area (Å²) in [5.74, 6) is -2.96. The summed E-state index contributed by atoms with van der Waals surface area (Å²) in [6.45, 7) is 18.5. The maximum atomic E-state index is 12.5. The first kappa shape index (κ1) is 77.2. The third-order valence-electron chi connectivity index (χ3n) is 13.9. The first-order valence-corrected chi connectivity index (χ1v) is 34.2. The van der Waals surface area contributed by atoms with Crippen molar-refractivity contribution in [1.29, 1.82) is 0 Å². The summed E-state index contributed by atoms with van der Waals surface area (Å²) in [5.41, 5.74) is 2.39. The molecule has 1 atom stereocenters. The van der Waals surface area contributed by atoms with Crippen LogP contribution in [0.1, 0.15) is 77.3 Å². The smallest absolute Gasteiger partial charge is 0.335 e. The minimum absolute atomic E-state index is 0.00875. The average molecular weight is 1330 g/mol. The molecule has 27 nitrogen and oxygen atoms in total. The summed E-state index contributed by atoms with van der Waals surface area (Å²) in [7, 11) is -11.7. The summed E-state index contributed by atoms with van der Waals surface area (Å²) in [4.78, 5) is 43.2. The van der Waals surface area contributed by atoms with Crippen molar-refractivity contribution in [2.45, 2.75) is 76.5 Å². The first-order chi connectivity index (χ1) is 42.6. The number of fused-ring (bicyclic) bond motifs is 1. The van der Waals surface area contributed by atoms with Crippen LogP contribution in [-0.4, -0.2) is 231 Å². The van der Waals surface area contributed by atoms with Gasteiger partial charge in [-0.25, -0.2) is 4.79 Å². The predicted octanol–water partition coefficient (Wildman–Crippen LogP) is 5.39. The Morgan fingerprint density at radius 3 is 1.67 bits per heavy atom. The van der Waals surface area contributed by atoms with Gasteiger partial charge in [0, 0.05) is 73.7 Å². The summed E-state index contributed by atoms with van der Waals surface area (Å²) in [6, 6.07) is 9.33. The van der Waals surface area contributed by atoms with Crippen molar-refractivity contribution < 1.29 is 111 Å². The van der Waals surface area contributed by atoms with Crippen molar-refractivity contribution >= 4 is 65.1 Å². The fourth-order valence-corrected chi connectivity index (χ4v) is 10.9. The molecule has 90 heavy (non-hydrogen) atoms. The number of hydrogen-bond donors (Lipinski definition) is 4. The standard InChI is InChI=1S/C60H91N3O24S3/c1-47(44-51(59(2,3)4)50-14-12-48(45-54(50)64)61(20-9-43-89(71,72)73)21-24-79-29-32-83-37-40-85-35-34-81-27-26-77-6)10-7-11-55-60(5,19-8-42-88(68,69)70)52-46-49(90(74,75)76)13-15-53(52)62(55)22-25-80-30-33-84-38-41-86-39-36-82-31-28-78-23-18-58(67)87-63-56(65)16-17-57(63)66/h7,10-15,44-46,64H,1,8-9,16-43H2,2-6H3,(H,68,69,70)(H,71,72,73)(H,74,75,76)/b10-7+,51-44+,55-11+. The van der Waals surface area contributed by atoms with Crippen LogP contribution < -0.4 is 9.80 Å². The van der Waals surface area contributed by atoms with Crippen LogP contribution in [0.5, 0.6) is 5.75 Å². The number of nitrogens with zero attached hydrogens (tertiary/aromatic N) is 3. The molecule has 30 heteroatoms. The highest BCUT2D eigenvalue weighted by Crippen LogP contribution is 2.51. The minimum Gasteiger partial charge on any atom is -0.507 e. The Morgan fingerprint density at radius 1 is 0.667 bits per heavy atom. The van der Waals surface area contributed by atoms with Crippen LogP contribution in [-0.2, 0) is 102 Å². The van der Waals surface area contributed by atoms with Gasteiger partial charge in [-0.3, -0.25) is 23.2 Å². The number of hydrogen-bond acceptors (Lipinski definition) is 23. The molecule has 2 aliphatic rings. The lowest BCUT2D eigenvalue weighted by atomic mass is 9.77. The first-order valence-electron chi connectivity index (χ1n) is 29.6. The Bertz CT molecular complexity index is 3020. The molecule has 0 aromatic heterocycles. The largest absolute Gasteiger partial charge is 0.507 e. The molecule has 2 aliphatic heterocycles. The van der Waals surface area contributed by atoms with Gasteiger partial charge in [0.1, 0.15) is 5.75 Å². The van der Waals surface area contributed by atoms with E-state index in [1.165, 1.54) is 12.1 Å². The van der Waals surface area contributed by atoms with Gasteiger partial charge >= 0.3 is 5.97 Å². The molecular weight excluding hydrogens is 1240 g/mol. The number of phenols is 1. The van der Waals surface area contributed by atoms with Gasteiger partial charge in [-0.05, 0) is 84.7 Å². The number of ether oxygens (including phenoxy) is 10. The van der Waals surface area contributed by atoms with Crippen LogP contribution in [0.4, 0.5) is 11.4 Å². The third kappa shape index (κ3) is 28.7. The Balaban J connectivity index is 1.38. The van der Waals surface area contributed by atoms with E-state index in [2.05, 4.69) is 6.58 Å². The highest BCUT2D eigenvalue weighted by atomic mass is 32.2. The Hall–Kier alpha value is -5.26. The zero-order chi connectivity index (χ0) is 66.2. The van der Waals surface area contributed by atoms with Crippen molar-refractivity contribution in [3.63, 3.8) is 0 Å². The number of carbonyl (C=O) groups is 3. The molecular formula is C60H91N3O24S3. The fourth-order valence-electron chi connectivity index (χ4n) is 9.43. The van der Waals surface area contributed by atoms with Crippen molar-refractivity contribution in [2.75, 3.05) is 174 Å². The summed E-state index contributed by atoms with van der Waals surface area (Å²) >= 11 is 0. The summed E-state index contributed by atoms with van der Waals surface area (Å²) in [5, 5.41) is 12.2. The Kier molecular flexibility index (Phi) is 33.7. The van der Waals surface area contributed by atoms with E-state index in [4.69, 9.17) is 52.2 Å². The van der Waals surface area contributed by atoms with Crippen LogP contribution >= 0.6 is 0 Å². The van der Waals surface area contributed by atoms with E-state index in [0.29, 0.717) is 97.2 Å². The van der Waals surface area contributed by atoms with Crippen LogP contribution in [0.2, 0.25) is 0 Å². The molecule has 1 unspecified atom stereocenters. The quantitative estimate of drug-likeness (QED) is 0.0279. The van der Waals surface area contributed by atoms with Crippen molar-refractivity contribution in [3.05, 3.63) is 89.7 Å². The van der Waals surface area contributed by atoms with Gasteiger partial charge in [-0.2, -0.15) is 25.3 Å². The zero-order valence-corrected chi connectivity index (χ0v) is 54.7. The second-order valence-corrected chi connectivity index (χ2v) is 26.5. The fraction of sp³-hybridized carbons (Fsp3) is 0.617. The summed E-state index contributed by atoms with van der Waals surface area (Å²) < 4.78 is 157. The van der Waals surface area contributed by atoms with E-state index in [0.717, 1.165) is 0 Å². The molecule has 4 N–H and O–H groups in total. The second-order valence-electron chi connectivity index (χ2n) is 21.9. The van der Waals surface area contributed by atoms with Crippen molar-refractivity contribution in [2.24, 2.45) is 5.41 Å². The van der Waals surface area contributed by atoms with Crippen LogP contribution in [0.25, 0.3) is 5.57 Å². The predicted molar refractivity (Wildman–Crippen MR) is 333 cm³/mol. The van der Waals surface area contributed by atoms with Gasteiger partial charge in [-0.1, -0.05) is 45.6 Å².